The summed E-state index contributed by atoms with van der Waals surface area (Å²) in [6.07, 6.45) is 0. The lowest BCUT2D eigenvalue weighted by Gasteiger charge is -2.14. The highest BCUT2D eigenvalue weighted by atomic mass is 79.9. The Labute approximate surface area is 150 Å². The monoisotopic (exact) mass is 377 g/mol. The van der Waals surface area contributed by atoms with Crippen LogP contribution in [0.1, 0.15) is 28.4 Å². The van der Waals surface area contributed by atoms with Crippen molar-refractivity contribution in [2.45, 2.75) is 19.8 Å². The molecule has 4 heteroatoms. The number of halogens is 1. The van der Waals surface area contributed by atoms with Crippen LogP contribution in [0.5, 0.6) is 0 Å². The zero-order valence-electron chi connectivity index (χ0n) is 13.5. The van der Waals surface area contributed by atoms with Gasteiger partial charge in [-0.2, -0.15) is 15.5 Å². The number of aryl methyl sites for hydroxylation is 2. The van der Waals surface area contributed by atoms with Crippen LogP contribution in [0.4, 0.5) is 0 Å². The predicted molar refractivity (Wildman–Crippen MR) is 98.5 cm³/mol. The first-order chi connectivity index (χ1) is 11.6. The summed E-state index contributed by atoms with van der Waals surface area (Å²) in [5, 5.41) is 18.3. The van der Waals surface area contributed by atoms with Gasteiger partial charge in [-0.3, -0.25) is 0 Å². The Kier molecular flexibility index (Phi) is 4.73. The second-order valence-corrected chi connectivity index (χ2v) is 6.52. The summed E-state index contributed by atoms with van der Waals surface area (Å²) in [5.41, 5.74) is 5.59. The van der Waals surface area contributed by atoms with E-state index in [1.807, 2.05) is 68.4 Å². The average Bonchev–Trinajstić information content (AvgIpc) is 2.59. The van der Waals surface area contributed by atoms with E-state index in [0.29, 0.717) is 5.69 Å². The third-order valence-electron chi connectivity index (χ3n) is 4.09. The molecule has 0 aliphatic rings. The summed E-state index contributed by atoms with van der Waals surface area (Å²) >= 11 is 3.59. The lowest BCUT2D eigenvalue weighted by Crippen LogP contribution is -2.06. The van der Waals surface area contributed by atoms with Crippen molar-refractivity contribution < 1.29 is 0 Å². The number of benzene rings is 2. The van der Waals surface area contributed by atoms with Crippen LogP contribution in [-0.2, 0) is 0 Å². The number of rotatable bonds is 3. The maximum Gasteiger partial charge on any atom is 0.115 e. The van der Waals surface area contributed by atoms with E-state index in [2.05, 4.69) is 32.2 Å². The van der Waals surface area contributed by atoms with Gasteiger partial charge in [0.15, 0.2) is 0 Å². The van der Waals surface area contributed by atoms with Crippen molar-refractivity contribution in [2.75, 3.05) is 0 Å². The first kappa shape index (κ1) is 16.4. The molecule has 0 aliphatic carbocycles. The van der Waals surface area contributed by atoms with Crippen molar-refractivity contribution in [3.8, 4) is 17.2 Å². The standard InChI is InChI=1S/C20H16BrN3/c1-13-7-3-4-8-15(13)18(12-22)20-11-17(14(2)23-24-20)16-9-5-6-10-19(16)21/h3-11,18H,1-2H3. The van der Waals surface area contributed by atoms with Crippen LogP contribution in [0.2, 0.25) is 0 Å². The molecule has 0 radical (unpaired) electrons. The molecule has 0 spiro atoms. The Morgan fingerprint density at radius 1 is 0.958 bits per heavy atom. The molecular formula is C20H16BrN3. The van der Waals surface area contributed by atoms with Crippen LogP contribution in [0.15, 0.2) is 59.1 Å². The summed E-state index contributed by atoms with van der Waals surface area (Å²) in [6.45, 7) is 3.94. The highest BCUT2D eigenvalue weighted by Crippen LogP contribution is 2.32. The predicted octanol–water partition coefficient (Wildman–Crippen LogP) is 5.18. The maximum atomic E-state index is 9.72. The van der Waals surface area contributed by atoms with Gasteiger partial charge in [0.1, 0.15) is 5.92 Å². The van der Waals surface area contributed by atoms with Gasteiger partial charge in [-0.05, 0) is 42.7 Å². The normalized spacial score (nSPS) is 11.8. The summed E-state index contributed by atoms with van der Waals surface area (Å²) in [6, 6.07) is 20.3. The minimum absolute atomic E-state index is 0.430. The molecule has 1 atom stereocenters. The van der Waals surface area contributed by atoms with Crippen LogP contribution in [0, 0.1) is 25.2 Å². The molecule has 2 aromatic carbocycles. The molecule has 118 valence electrons. The molecule has 0 fully saturated rings. The maximum absolute atomic E-state index is 9.72. The highest BCUT2D eigenvalue weighted by Gasteiger charge is 2.19. The minimum Gasteiger partial charge on any atom is -0.197 e. The molecule has 0 saturated carbocycles. The number of nitrogens with zero attached hydrogens (tertiary/aromatic N) is 3. The zero-order valence-corrected chi connectivity index (χ0v) is 15.1. The number of nitriles is 1. The van der Waals surface area contributed by atoms with Crippen molar-refractivity contribution in [1.29, 1.82) is 5.26 Å². The molecule has 0 amide bonds. The van der Waals surface area contributed by atoms with E-state index < -0.39 is 5.92 Å². The van der Waals surface area contributed by atoms with Crippen LogP contribution in [-0.4, -0.2) is 10.2 Å². The van der Waals surface area contributed by atoms with Crippen molar-refractivity contribution in [3.63, 3.8) is 0 Å². The van der Waals surface area contributed by atoms with Gasteiger partial charge in [0.05, 0.1) is 17.5 Å². The topological polar surface area (TPSA) is 49.6 Å². The van der Waals surface area contributed by atoms with Gasteiger partial charge in [-0.15, -0.1) is 0 Å². The van der Waals surface area contributed by atoms with Gasteiger partial charge in [0.25, 0.3) is 0 Å². The summed E-state index contributed by atoms with van der Waals surface area (Å²) in [4.78, 5) is 0. The van der Waals surface area contributed by atoms with Gasteiger partial charge >= 0.3 is 0 Å². The second-order valence-electron chi connectivity index (χ2n) is 5.67. The first-order valence-electron chi connectivity index (χ1n) is 7.66. The molecule has 1 unspecified atom stereocenters. The van der Waals surface area contributed by atoms with E-state index in [1.54, 1.807) is 0 Å². The van der Waals surface area contributed by atoms with Gasteiger partial charge in [-0.1, -0.05) is 58.4 Å². The van der Waals surface area contributed by atoms with Crippen molar-refractivity contribution in [1.82, 2.24) is 10.2 Å². The number of hydrogen-bond acceptors (Lipinski definition) is 3. The van der Waals surface area contributed by atoms with E-state index >= 15 is 0 Å². The van der Waals surface area contributed by atoms with Gasteiger partial charge in [-0.25, -0.2) is 0 Å². The molecule has 1 aromatic heterocycles. The highest BCUT2D eigenvalue weighted by molar-refractivity contribution is 9.10. The Morgan fingerprint density at radius 3 is 2.38 bits per heavy atom. The quantitative estimate of drug-likeness (QED) is 0.631. The summed E-state index contributed by atoms with van der Waals surface area (Å²) < 4.78 is 0.997. The molecule has 0 bridgehead atoms. The van der Waals surface area contributed by atoms with Crippen molar-refractivity contribution >= 4 is 15.9 Å². The summed E-state index contributed by atoms with van der Waals surface area (Å²) in [5.74, 6) is -0.430. The minimum atomic E-state index is -0.430. The van der Waals surface area contributed by atoms with E-state index in [4.69, 9.17) is 0 Å². The van der Waals surface area contributed by atoms with Gasteiger partial charge < -0.3 is 0 Å². The molecule has 3 nitrogen and oxygen atoms in total. The Morgan fingerprint density at radius 2 is 1.67 bits per heavy atom. The van der Waals surface area contributed by atoms with Crippen molar-refractivity contribution in [2.24, 2.45) is 0 Å². The van der Waals surface area contributed by atoms with Crippen LogP contribution in [0.3, 0.4) is 0 Å². The van der Waals surface area contributed by atoms with Crippen LogP contribution >= 0.6 is 15.9 Å². The van der Waals surface area contributed by atoms with Crippen molar-refractivity contribution in [3.05, 3.63) is 81.6 Å². The van der Waals surface area contributed by atoms with Gasteiger partial charge in [0, 0.05) is 10.0 Å². The molecule has 1 heterocycles. The van der Waals surface area contributed by atoms with Crippen LogP contribution < -0.4 is 0 Å². The molecule has 0 N–H and O–H groups in total. The SMILES string of the molecule is Cc1ccccc1C(C#N)c1cc(-c2ccccc2Br)c(C)nn1. The second kappa shape index (κ2) is 6.94. The fraction of sp³-hybridized carbons (Fsp3) is 0.150. The lowest BCUT2D eigenvalue weighted by molar-refractivity contribution is 0.863. The third-order valence-corrected chi connectivity index (χ3v) is 4.78. The average molecular weight is 378 g/mol. The molecule has 0 aliphatic heterocycles. The smallest absolute Gasteiger partial charge is 0.115 e. The van der Waals surface area contributed by atoms with Gasteiger partial charge in [0.2, 0.25) is 0 Å². The van der Waals surface area contributed by atoms with Crippen LogP contribution in [0.25, 0.3) is 11.1 Å². The lowest BCUT2D eigenvalue weighted by atomic mass is 9.91. The first-order valence-corrected chi connectivity index (χ1v) is 8.45. The van der Waals surface area contributed by atoms with E-state index in [9.17, 15) is 5.26 Å². The third kappa shape index (κ3) is 3.08. The number of aromatic nitrogens is 2. The summed E-state index contributed by atoms with van der Waals surface area (Å²) in [7, 11) is 0. The Balaban J connectivity index is 2.13. The molecular weight excluding hydrogens is 362 g/mol. The van der Waals surface area contributed by atoms with E-state index in [1.165, 1.54) is 0 Å². The molecule has 24 heavy (non-hydrogen) atoms. The Bertz CT molecular complexity index is 928. The fourth-order valence-electron chi connectivity index (χ4n) is 2.77. The zero-order chi connectivity index (χ0) is 17.1. The van der Waals surface area contributed by atoms with E-state index in [0.717, 1.165) is 32.4 Å². The largest absolute Gasteiger partial charge is 0.197 e. The fourth-order valence-corrected chi connectivity index (χ4v) is 3.27. The molecule has 0 saturated heterocycles. The molecule has 3 aromatic rings. The molecule has 3 rings (SSSR count). The Hall–Kier alpha value is -2.51. The number of hydrogen-bond donors (Lipinski definition) is 0. The van der Waals surface area contributed by atoms with E-state index in [-0.39, 0.29) is 0 Å².